The molecule has 1 N–H and O–H groups in total. The molecule has 6 heteroatoms. The van der Waals surface area contributed by atoms with E-state index in [0.29, 0.717) is 19.6 Å². The monoisotopic (exact) mass is 320 g/mol. The Morgan fingerprint density at radius 1 is 1.41 bits per heavy atom. The highest BCUT2D eigenvalue weighted by atomic mass is 32.1. The number of furan rings is 1. The van der Waals surface area contributed by atoms with E-state index in [4.69, 9.17) is 9.15 Å². The Labute approximate surface area is 133 Å². The number of amides is 2. The van der Waals surface area contributed by atoms with Gasteiger partial charge in [0, 0.05) is 23.6 Å². The van der Waals surface area contributed by atoms with Gasteiger partial charge >= 0.3 is 6.03 Å². The van der Waals surface area contributed by atoms with Crippen LogP contribution >= 0.6 is 11.3 Å². The largest absolute Gasteiger partial charge is 0.472 e. The zero-order valence-corrected chi connectivity index (χ0v) is 13.2. The van der Waals surface area contributed by atoms with Gasteiger partial charge in [0.25, 0.3) is 0 Å². The number of hydrogen-bond acceptors (Lipinski definition) is 4. The summed E-state index contributed by atoms with van der Waals surface area (Å²) in [5, 5.41) is 5.01. The van der Waals surface area contributed by atoms with Gasteiger partial charge in [-0.1, -0.05) is 6.07 Å². The molecule has 3 rings (SSSR count). The van der Waals surface area contributed by atoms with Gasteiger partial charge in [-0.05, 0) is 30.4 Å². The van der Waals surface area contributed by atoms with Gasteiger partial charge in [0.1, 0.15) is 0 Å². The van der Waals surface area contributed by atoms with E-state index in [0.717, 1.165) is 29.9 Å². The molecule has 2 aromatic heterocycles. The molecular formula is C16H20N2O3S. The number of rotatable bonds is 6. The lowest BCUT2D eigenvalue weighted by Gasteiger charge is -2.23. The van der Waals surface area contributed by atoms with Crippen LogP contribution in [0.4, 0.5) is 4.79 Å². The first kappa shape index (κ1) is 15.1. The fourth-order valence-electron chi connectivity index (χ4n) is 2.51. The lowest BCUT2D eigenvalue weighted by molar-refractivity contribution is 0.108. The number of nitrogens with one attached hydrogen (secondary N) is 1. The lowest BCUT2D eigenvalue weighted by Crippen LogP contribution is -2.42. The number of carbonyl (C=O) groups excluding carboxylic acids is 1. The summed E-state index contributed by atoms with van der Waals surface area (Å²) < 4.78 is 10.6. The van der Waals surface area contributed by atoms with Crippen molar-refractivity contribution in [3.8, 4) is 0 Å². The molecule has 1 atom stereocenters. The van der Waals surface area contributed by atoms with Crippen molar-refractivity contribution in [3.05, 3.63) is 46.5 Å². The van der Waals surface area contributed by atoms with Crippen LogP contribution in [0.25, 0.3) is 0 Å². The van der Waals surface area contributed by atoms with Crippen LogP contribution in [0.2, 0.25) is 0 Å². The maximum Gasteiger partial charge on any atom is 0.318 e. The van der Waals surface area contributed by atoms with Crippen LogP contribution in [0.1, 0.15) is 23.3 Å². The summed E-state index contributed by atoms with van der Waals surface area (Å²) in [5.74, 6) is 0. The second kappa shape index (κ2) is 7.47. The van der Waals surface area contributed by atoms with E-state index in [1.54, 1.807) is 28.8 Å². The highest BCUT2D eigenvalue weighted by molar-refractivity contribution is 7.09. The van der Waals surface area contributed by atoms with Crippen LogP contribution in [-0.4, -0.2) is 30.2 Å². The third-order valence-electron chi connectivity index (χ3n) is 3.67. The Morgan fingerprint density at radius 2 is 2.36 bits per heavy atom. The summed E-state index contributed by atoms with van der Waals surface area (Å²) in [4.78, 5) is 15.4. The van der Waals surface area contributed by atoms with Gasteiger partial charge in [-0.2, -0.15) is 0 Å². The van der Waals surface area contributed by atoms with Gasteiger partial charge in [0.05, 0.1) is 31.7 Å². The van der Waals surface area contributed by atoms with Crippen molar-refractivity contribution in [2.45, 2.75) is 32.0 Å². The molecule has 0 saturated carbocycles. The first-order valence-corrected chi connectivity index (χ1v) is 8.37. The van der Waals surface area contributed by atoms with Crippen molar-refractivity contribution in [2.75, 3.05) is 13.2 Å². The fourth-order valence-corrected chi connectivity index (χ4v) is 3.23. The molecule has 2 amide bonds. The maximum atomic E-state index is 12.5. The van der Waals surface area contributed by atoms with E-state index >= 15 is 0 Å². The maximum absolute atomic E-state index is 12.5. The molecule has 0 bridgehead atoms. The molecule has 0 unspecified atom stereocenters. The average molecular weight is 320 g/mol. The summed E-state index contributed by atoms with van der Waals surface area (Å²) in [7, 11) is 0. The SMILES string of the molecule is O=C(NC[C@@H]1CCCO1)N(Cc1ccoc1)Cc1cccs1. The molecule has 1 saturated heterocycles. The highest BCUT2D eigenvalue weighted by Crippen LogP contribution is 2.15. The van der Waals surface area contributed by atoms with Gasteiger partial charge in [-0.3, -0.25) is 0 Å². The summed E-state index contributed by atoms with van der Waals surface area (Å²) in [6.45, 7) is 2.51. The van der Waals surface area contributed by atoms with Gasteiger partial charge in [0.2, 0.25) is 0 Å². The molecule has 22 heavy (non-hydrogen) atoms. The number of carbonyl (C=O) groups is 1. The topological polar surface area (TPSA) is 54.7 Å². The van der Waals surface area contributed by atoms with E-state index in [9.17, 15) is 4.79 Å². The Morgan fingerprint density at radius 3 is 3.05 bits per heavy atom. The second-order valence-corrected chi connectivity index (χ2v) is 6.42. The Kier molecular flexibility index (Phi) is 5.13. The molecular weight excluding hydrogens is 300 g/mol. The standard InChI is InChI=1S/C16H20N2O3S/c19-16(17-9-14-3-1-6-21-14)18(10-13-5-7-20-12-13)11-15-4-2-8-22-15/h2,4-5,7-8,12,14H,1,3,6,9-11H2,(H,17,19)/t14-/m0/s1. The molecule has 2 aromatic rings. The molecule has 1 fully saturated rings. The normalized spacial score (nSPS) is 17.5. The van der Waals surface area contributed by atoms with E-state index < -0.39 is 0 Å². The third kappa shape index (κ3) is 4.11. The number of urea groups is 1. The van der Waals surface area contributed by atoms with E-state index in [1.807, 2.05) is 23.6 Å². The van der Waals surface area contributed by atoms with Crippen LogP contribution in [0.3, 0.4) is 0 Å². The van der Waals surface area contributed by atoms with Crippen molar-refractivity contribution in [1.82, 2.24) is 10.2 Å². The highest BCUT2D eigenvalue weighted by Gasteiger charge is 2.19. The molecule has 3 heterocycles. The van der Waals surface area contributed by atoms with Gasteiger partial charge in [-0.15, -0.1) is 11.3 Å². The smallest absolute Gasteiger partial charge is 0.318 e. The minimum atomic E-state index is -0.0647. The predicted molar refractivity (Wildman–Crippen MR) is 84.6 cm³/mol. The van der Waals surface area contributed by atoms with Crippen molar-refractivity contribution in [3.63, 3.8) is 0 Å². The van der Waals surface area contributed by atoms with E-state index in [1.165, 1.54) is 0 Å². The van der Waals surface area contributed by atoms with Gasteiger partial charge < -0.3 is 19.4 Å². The van der Waals surface area contributed by atoms with Crippen LogP contribution in [0.5, 0.6) is 0 Å². The molecule has 1 aliphatic rings. The predicted octanol–water partition coefficient (Wildman–Crippen LogP) is 3.23. The minimum absolute atomic E-state index is 0.0647. The van der Waals surface area contributed by atoms with Crippen LogP contribution in [-0.2, 0) is 17.8 Å². The number of nitrogens with zero attached hydrogens (tertiary/aromatic N) is 1. The van der Waals surface area contributed by atoms with Gasteiger partial charge in [0.15, 0.2) is 0 Å². The van der Waals surface area contributed by atoms with Crippen LogP contribution in [0, 0.1) is 0 Å². The molecule has 0 aliphatic carbocycles. The summed E-state index contributed by atoms with van der Waals surface area (Å²) in [5.41, 5.74) is 0.990. The zero-order valence-electron chi connectivity index (χ0n) is 12.4. The summed E-state index contributed by atoms with van der Waals surface area (Å²) in [6.07, 6.45) is 5.56. The van der Waals surface area contributed by atoms with Crippen molar-refractivity contribution >= 4 is 17.4 Å². The molecule has 5 nitrogen and oxygen atoms in total. The molecule has 0 spiro atoms. The second-order valence-electron chi connectivity index (χ2n) is 5.39. The first-order chi connectivity index (χ1) is 10.8. The average Bonchev–Trinajstić information content (AvgIpc) is 3.27. The fraction of sp³-hybridized carbons (Fsp3) is 0.438. The lowest BCUT2D eigenvalue weighted by atomic mass is 10.2. The zero-order chi connectivity index (χ0) is 15.2. The van der Waals surface area contributed by atoms with Crippen LogP contribution < -0.4 is 5.32 Å². The third-order valence-corrected chi connectivity index (χ3v) is 4.53. The molecule has 0 radical (unpaired) electrons. The Balaban J connectivity index is 1.59. The van der Waals surface area contributed by atoms with Crippen molar-refractivity contribution in [1.29, 1.82) is 0 Å². The quantitative estimate of drug-likeness (QED) is 0.889. The minimum Gasteiger partial charge on any atom is -0.472 e. The van der Waals surface area contributed by atoms with E-state index in [2.05, 4.69) is 5.32 Å². The Bertz CT molecular complexity index is 526. The van der Waals surface area contributed by atoms with Crippen molar-refractivity contribution < 1.29 is 13.9 Å². The van der Waals surface area contributed by atoms with Gasteiger partial charge in [-0.25, -0.2) is 4.79 Å². The number of hydrogen-bond donors (Lipinski definition) is 1. The summed E-state index contributed by atoms with van der Waals surface area (Å²) in [6, 6.07) is 5.86. The van der Waals surface area contributed by atoms with Crippen LogP contribution in [0.15, 0.2) is 40.5 Å². The number of ether oxygens (including phenoxy) is 1. The Hall–Kier alpha value is -1.79. The summed E-state index contributed by atoms with van der Waals surface area (Å²) >= 11 is 1.65. The molecule has 1 aliphatic heterocycles. The first-order valence-electron chi connectivity index (χ1n) is 7.49. The van der Waals surface area contributed by atoms with Crippen molar-refractivity contribution in [2.24, 2.45) is 0 Å². The molecule has 118 valence electrons. The molecule has 0 aromatic carbocycles. The number of thiophene rings is 1. The van der Waals surface area contributed by atoms with E-state index in [-0.39, 0.29) is 12.1 Å².